The van der Waals surface area contributed by atoms with Crippen molar-refractivity contribution in [2.75, 3.05) is 19.6 Å². The Labute approximate surface area is 102 Å². The van der Waals surface area contributed by atoms with E-state index in [1.165, 1.54) is 19.3 Å². The molecule has 1 N–H and O–H groups in total. The minimum Gasteiger partial charge on any atom is -0.307 e. The van der Waals surface area contributed by atoms with Crippen LogP contribution >= 0.6 is 0 Å². The predicted octanol–water partition coefficient (Wildman–Crippen LogP) is 2.79. The van der Waals surface area contributed by atoms with Crippen molar-refractivity contribution in [3.8, 4) is 0 Å². The highest BCUT2D eigenvalue weighted by Crippen LogP contribution is 2.21. The molecule has 2 atom stereocenters. The highest BCUT2D eigenvalue weighted by Gasteiger charge is 2.28. The lowest BCUT2D eigenvalue weighted by molar-refractivity contribution is -0.125. The van der Waals surface area contributed by atoms with Gasteiger partial charge in [-0.3, -0.25) is 4.90 Å². The number of hydrogen-bond acceptors (Lipinski definition) is 2. The van der Waals surface area contributed by atoms with Gasteiger partial charge in [0.05, 0.1) is 6.54 Å². The maximum Gasteiger partial charge on any atom is 0.401 e. The van der Waals surface area contributed by atoms with E-state index in [4.69, 9.17) is 0 Å². The van der Waals surface area contributed by atoms with E-state index in [-0.39, 0.29) is 6.04 Å². The van der Waals surface area contributed by atoms with E-state index in [1.54, 1.807) is 0 Å². The molecule has 5 heteroatoms. The Morgan fingerprint density at radius 2 is 2.06 bits per heavy atom. The zero-order chi connectivity index (χ0) is 12.9. The lowest BCUT2D eigenvalue weighted by Gasteiger charge is -2.39. The number of nitrogens with one attached hydrogen (secondary N) is 1. The molecular formula is C12H23F3N2. The number of hydrogen-bond donors (Lipinski definition) is 1. The Morgan fingerprint density at radius 3 is 2.65 bits per heavy atom. The van der Waals surface area contributed by atoms with E-state index < -0.39 is 12.7 Å². The van der Waals surface area contributed by atoms with Gasteiger partial charge in [0.15, 0.2) is 0 Å². The molecule has 17 heavy (non-hydrogen) atoms. The van der Waals surface area contributed by atoms with Crippen LogP contribution in [-0.4, -0.2) is 42.8 Å². The van der Waals surface area contributed by atoms with Crippen LogP contribution < -0.4 is 5.32 Å². The molecule has 1 fully saturated rings. The van der Waals surface area contributed by atoms with E-state index in [2.05, 4.69) is 17.1 Å². The largest absolute Gasteiger partial charge is 0.401 e. The normalized spacial score (nSPS) is 24.9. The molecule has 0 amide bonds. The Bertz CT molecular complexity index is 218. The van der Waals surface area contributed by atoms with Crippen LogP contribution in [0.2, 0.25) is 0 Å². The summed E-state index contributed by atoms with van der Waals surface area (Å²) in [6.07, 6.45) is 0.577. The molecule has 0 aliphatic carbocycles. The molecule has 0 saturated carbocycles. The highest BCUT2D eigenvalue weighted by atomic mass is 19.4. The Balaban J connectivity index is 2.32. The number of alkyl halides is 3. The number of piperidine rings is 1. The minimum atomic E-state index is -4.11. The summed E-state index contributed by atoms with van der Waals surface area (Å²) in [6.45, 7) is 4.71. The fraction of sp³-hybridized carbons (Fsp3) is 1.00. The molecule has 0 aromatic rings. The van der Waals surface area contributed by atoms with Gasteiger partial charge < -0.3 is 5.32 Å². The van der Waals surface area contributed by atoms with Crippen LogP contribution in [0.1, 0.15) is 39.5 Å². The summed E-state index contributed by atoms with van der Waals surface area (Å²) in [6, 6.07) is 0.731. The van der Waals surface area contributed by atoms with Crippen LogP contribution in [0.3, 0.4) is 0 Å². The third-order valence-electron chi connectivity index (χ3n) is 3.48. The van der Waals surface area contributed by atoms with Crippen molar-refractivity contribution in [1.29, 1.82) is 0 Å². The molecule has 1 saturated heterocycles. The third kappa shape index (κ3) is 5.25. The third-order valence-corrected chi connectivity index (χ3v) is 3.48. The lowest BCUT2D eigenvalue weighted by Crippen LogP contribution is -2.49. The van der Waals surface area contributed by atoms with Gasteiger partial charge >= 0.3 is 6.18 Å². The number of halogens is 3. The summed E-state index contributed by atoms with van der Waals surface area (Å²) in [5, 5.41) is 2.50. The molecule has 102 valence electrons. The molecule has 1 rings (SSSR count). The topological polar surface area (TPSA) is 15.3 Å². The van der Waals surface area contributed by atoms with Crippen LogP contribution in [0.4, 0.5) is 13.2 Å². The molecule has 0 spiro atoms. The van der Waals surface area contributed by atoms with Crippen LogP contribution in [0.5, 0.6) is 0 Å². The van der Waals surface area contributed by atoms with Gasteiger partial charge in [0, 0.05) is 18.6 Å². The first kappa shape index (κ1) is 14.8. The molecule has 0 aromatic heterocycles. The fourth-order valence-electron chi connectivity index (χ4n) is 2.58. The molecule has 0 bridgehead atoms. The van der Waals surface area contributed by atoms with E-state index in [0.717, 1.165) is 13.0 Å². The van der Waals surface area contributed by atoms with Crippen molar-refractivity contribution in [2.45, 2.75) is 57.8 Å². The molecule has 1 heterocycles. The molecule has 1 aliphatic heterocycles. The summed E-state index contributed by atoms with van der Waals surface area (Å²) in [7, 11) is 0. The van der Waals surface area contributed by atoms with Gasteiger partial charge in [-0.1, -0.05) is 13.3 Å². The average molecular weight is 252 g/mol. The van der Waals surface area contributed by atoms with Gasteiger partial charge in [-0.05, 0) is 32.7 Å². The Kier molecular flexibility index (Phi) is 5.73. The second-order valence-electron chi connectivity index (χ2n) is 4.89. The zero-order valence-corrected chi connectivity index (χ0v) is 10.7. The maximum atomic E-state index is 12.0. The van der Waals surface area contributed by atoms with Gasteiger partial charge in [0.2, 0.25) is 0 Å². The SMILES string of the molecule is CCC1CCCCN1C(C)CNCC(F)(F)F. The van der Waals surface area contributed by atoms with E-state index in [0.29, 0.717) is 12.6 Å². The maximum absolute atomic E-state index is 12.0. The lowest BCUT2D eigenvalue weighted by atomic mass is 9.98. The van der Waals surface area contributed by atoms with Crippen molar-refractivity contribution in [2.24, 2.45) is 0 Å². The van der Waals surface area contributed by atoms with Gasteiger partial charge in [-0.25, -0.2) is 0 Å². The van der Waals surface area contributed by atoms with Gasteiger partial charge in [-0.15, -0.1) is 0 Å². The first-order chi connectivity index (χ1) is 7.94. The van der Waals surface area contributed by atoms with Gasteiger partial charge in [-0.2, -0.15) is 13.2 Å². The zero-order valence-electron chi connectivity index (χ0n) is 10.7. The molecule has 0 radical (unpaired) electrons. The molecule has 2 nitrogen and oxygen atoms in total. The minimum absolute atomic E-state index is 0.183. The second-order valence-corrected chi connectivity index (χ2v) is 4.89. The highest BCUT2D eigenvalue weighted by molar-refractivity contribution is 4.81. The van der Waals surface area contributed by atoms with E-state index in [1.807, 2.05) is 6.92 Å². The summed E-state index contributed by atoms with van der Waals surface area (Å²) < 4.78 is 36.0. The Hall–Kier alpha value is -0.290. The first-order valence-electron chi connectivity index (χ1n) is 6.47. The van der Waals surface area contributed by atoms with Gasteiger partial charge in [0.1, 0.15) is 0 Å². The van der Waals surface area contributed by atoms with Crippen molar-refractivity contribution in [1.82, 2.24) is 10.2 Å². The number of rotatable bonds is 5. The second kappa shape index (κ2) is 6.59. The number of nitrogens with zero attached hydrogens (tertiary/aromatic N) is 1. The smallest absolute Gasteiger partial charge is 0.307 e. The summed E-state index contributed by atoms with van der Waals surface area (Å²) >= 11 is 0. The van der Waals surface area contributed by atoms with Crippen molar-refractivity contribution < 1.29 is 13.2 Å². The molecule has 2 unspecified atom stereocenters. The van der Waals surface area contributed by atoms with Gasteiger partial charge in [0.25, 0.3) is 0 Å². The van der Waals surface area contributed by atoms with Crippen molar-refractivity contribution >= 4 is 0 Å². The molecule has 1 aliphatic rings. The summed E-state index contributed by atoms with van der Waals surface area (Å²) in [5.41, 5.74) is 0. The monoisotopic (exact) mass is 252 g/mol. The first-order valence-corrected chi connectivity index (χ1v) is 6.47. The van der Waals surface area contributed by atoms with Crippen molar-refractivity contribution in [3.05, 3.63) is 0 Å². The predicted molar refractivity (Wildman–Crippen MR) is 63.0 cm³/mol. The molecular weight excluding hydrogens is 229 g/mol. The molecule has 0 aromatic carbocycles. The number of likely N-dealkylation sites (tertiary alicyclic amines) is 1. The Morgan fingerprint density at radius 1 is 1.35 bits per heavy atom. The summed E-state index contributed by atoms with van der Waals surface area (Å²) in [5.74, 6) is 0. The van der Waals surface area contributed by atoms with Crippen molar-refractivity contribution in [3.63, 3.8) is 0 Å². The van der Waals surface area contributed by atoms with Crippen LogP contribution in [-0.2, 0) is 0 Å². The quantitative estimate of drug-likeness (QED) is 0.809. The van der Waals surface area contributed by atoms with Crippen LogP contribution in [0.15, 0.2) is 0 Å². The fourth-order valence-corrected chi connectivity index (χ4v) is 2.58. The van der Waals surface area contributed by atoms with Crippen LogP contribution in [0, 0.1) is 0 Å². The standard InChI is InChI=1S/C12H23F3N2/c1-3-11-6-4-5-7-17(11)10(2)8-16-9-12(13,14)15/h10-11,16H,3-9H2,1-2H3. The average Bonchev–Trinajstić information content (AvgIpc) is 2.27. The van der Waals surface area contributed by atoms with E-state index in [9.17, 15) is 13.2 Å². The summed E-state index contributed by atoms with van der Waals surface area (Å²) in [4.78, 5) is 2.35. The van der Waals surface area contributed by atoms with E-state index >= 15 is 0 Å². The van der Waals surface area contributed by atoms with Crippen LogP contribution in [0.25, 0.3) is 0 Å².